The molecule has 1 aromatic carbocycles. The van der Waals surface area contributed by atoms with Crippen molar-refractivity contribution in [1.82, 2.24) is 0 Å². The summed E-state index contributed by atoms with van der Waals surface area (Å²) < 4.78 is 19.0. The van der Waals surface area contributed by atoms with Crippen molar-refractivity contribution >= 4 is 17.6 Å². The van der Waals surface area contributed by atoms with Gasteiger partial charge in [-0.05, 0) is 36.1 Å². The average molecular weight is 273 g/mol. The van der Waals surface area contributed by atoms with Gasteiger partial charge in [0.2, 0.25) is 0 Å². The lowest BCUT2D eigenvalue weighted by molar-refractivity contribution is -0.137. The molecule has 2 rings (SSSR count). The van der Waals surface area contributed by atoms with E-state index in [1.165, 1.54) is 6.07 Å². The van der Waals surface area contributed by atoms with Crippen molar-refractivity contribution in [2.45, 2.75) is 31.3 Å². The predicted molar refractivity (Wildman–Crippen MR) is 65.3 cm³/mol. The van der Waals surface area contributed by atoms with Crippen molar-refractivity contribution < 1.29 is 19.0 Å². The van der Waals surface area contributed by atoms with Gasteiger partial charge in [0.25, 0.3) is 0 Å². The van der Waals surface area contributed by atoms with Gasteiger partial charge in [-0.2, -0.15) is 0 Å². The van der Waals surface area contributed by atoms with Crippen LogP contribution in [-0.4, -0.2) is 18.2 Å². The van der Waals surface area contributed by atoms with E-state index in [-0.39, 0.29) is 11.4 Å². The van der Waals surface area contributed by atoms with Crippen LogP contribution in [0.25, 0.3) is 0 Å². The summed E-state index contributed by atoms with van der Waals surface area (Å²) in [5.41, 5.74) is 0.587. The smallest absolute Gasteiger partial charge is 0.304 e. The number of methoxy groups -OCH3 is 1. The van der Waals surface area contributed by atoms with Crippen molar-refractivity contribution in [3.63, 3.8) is 0 Å². The zero-order chi connectivity index (χ0) is 13.3. The number of ether oxygens (including phenoxy) is 1. The molecule has 18 heavy (non-hydrogen) atoms. The Morgan fingerprint density at radius 2 is 2.22 bits per heavy atom. The summed E-state index contributed by atoms with van der Waals surface area (Å²) in [5, 5.41) is 8.93. The third-order valence-electron chi connectivity index (χ3n) is 3.31. The number of carbonyl (C=O) groups is 1. The zero-order valence-electron chi connectivity index (χ0n) is 10.0. The van der Waals surface area contributed by atoms with E-state index in [2.05, 4.69) is 0 Å². The molecule has 1 aliphatic carbocycles. The summed E-state index contributed by atoms with van der Waals surface area (Å²) >= 11 is 5.85. The van der Waals surface area contributed by atoms with Crippen LogP contribution in [0, 0.1) is 5.82 Å². The summed E-state index contributed by atoms with van der Waals surface area (Å²) in [6.07, 6.45) is 1.31. The highest BCUT2D eigenvalue weighted by Crippen LogP contribution is 2.52. The predicted octanol–water partition coefficient (Wildman–Crippen LogP) is 3.13. The third kappa shape index (κ3) is 2.49. The summed E-state index contributed by atoms with van der Waals surface area (Å²) in [6.45, 7) is 0.330. The number of carboxylic acids is 1. The van der Waals surface area contributed by atoms with Crippen LogP contribution in [0.2, 0.25) is 5.02 Å². The maximum atomic E-state index is 14.0. The molecule has 0 amide bonds. The largest absolute Gasteiger partial charge is 0.481 e. The van der Waals surface area contributed by atoms with Crippen LogP contribution in [0.1, 0.15) is 30.4 Å². The van der Waals surface area contributed by atoms with E-state index < -0.39 is 17.2 Å². The normalized spacial score (nSPS) is 16.6. The maximum absolute atomic E-state index is 14.0. The number of carboxylic acid groups (broad SMARTS) is 1. The van der Waals surface area contributed by atoms with Crippen LogP contribution in [0.3, 0.4) is 0 Å². The molecular formula is C13H14ClFO3. The first kappa shape index (κ1) is 13.3. The fourth-order valence-electron chi connectivity index (χ4n) is 2.26. The molecule has 1 N–H and O–H groups in total. The Labute approximate surface area is 110 Å². The SMILES string of the molecule is COCc1cc(Cl)c(F)c(C2(CC(=O)O)CC2)c1. The standard InChI is InChI=1S/C13H14ClFO3/c1-18-7-8-4-9(12(15)10(14)5-8)13(2-3-13)6-11(16)17/h4-5H,2-3,6-7H2,1H3,(H,16,17). The van der Waals surface area contributed by atoms with Crippen molar-refractivity contribution in [1.29, 1.82) is 0 Å². The van der Waals surface area contributed by atoms with Crippen LogP contribution in [0.15, 0.2) is 12.1 Å². The lowest BCUT2D eigenvalue weighted by atomic mass is 9.90. The molecule has 98 valence electrons. The Kier molecular flexibility index (Phi) is 3.59. The molecule has 5 heteroatoms. The molecule has 0 saturated heterocycles. The summed E-state index contributed by atoms with van der Waals surface area (Å²) in [4.78, 5) is 10.9. The highest BCUT2D eigenvalue weighted by molar-refractivity contribution is 6.30. The molecule has 0 heterocycles. The van der Waals surface area contributed by atoms with E-state index in [1.54, 1.807) is 13.2 Å². The highest BCUT2D eigenvalue weighted by Gasteiger charge is 2.48. The zero-order valence-corrected chi connectivity index (χ0v) is 10.8. The lowest BCUT2D eigenvalue weighted by Crippen LogP contribution is -2.15. The second-order valence-electron chi connectivity index (χ2n) is 4.72. The van der Waals surface area contributed by atoms with Crippen LogP contribution >= 0.6 is 11.6 Å². The molecule has 0 spiro atoms. The van der Waals surface area contributed by atoms with Gasteiger partial charge in [-0.15, -0.1) is 0 Å². The Bertz CT molecular complexity index is 483. The van der Waals surface area contributed by atoms with Gasteiger partial charge in [0, 0.05) is 12.5 Å². The van der Waals surface area contributed by atoms with Gasteiger partial charge in [-0.1, -0.05) is 11.6 Å². The van der Waals surface area contributed by atoms with Gasteiger partial charge < -0.3 is 9.84 Å². The molecule has 0 bridgehead atoms. The minimum atomic E-state index is -0.917. The van der Waals surface area contributed by atoms with Gasteiger partial charge in [0.05, 0.1) is 18.1 Å². The van der Waals surface area contributed by atoms with Gasteiger partial charge >= 0.3 is 5.97 Å². The maximum Gasteiger partial charge on any atom is 0.304 e. The molecule has 0 aromatic heterocycles. The molecule has 1 aromatic rings. The van der Waals surface area contributed by atoms with Crippen molar-refractivity contribution in [3.8, 4) is 0 Å². The Balaban J connectivity index is 2.40. The fraction of sp³-hybridized carbons (Fsp3) is 0.462. The van der Waals surface area contributed by atoms with E-state index in [1.807, 2.05) is 0 Å². The topological polar surface area (TPSA) is 46.5 Å². The number of hydrogen-bond donors (Lipinski definition) is 1. The van der Waals surface area contributed by atoms with Crippen LogP contribution in [-0.2, 0) is 21.6 Å². The number of aliphatic carboxylic acids is 1. The molecule has 0 atom stereocenters. The van der Waals surface area contributed by atoms with Crippen LogP contribution in [0.5, 0.6) is 0 Å². The Morgan fingerprint density at radius 3 is 2.72 bits per heavy atom. The molecule has 3 nitrogen and oxygen atoms in total. The summed E-state index contributed by atoms with van der Waals surface area (Å²) in [5.74, 6) is -1.42. The first-order valence-electron chi connectivity index (χ1n) is 5.68. The highest BCUT2D eigenvalue weighted by atomic mass is 35.5. The minimum absolute atomic E-state index is 0.0243. The average Bonchev–Trinajstić information content (AvgIpc) is 3.03. The van der Waals surface area contributed by atoms with Crippen molar-refractivity contribution in [2.24, 2.45) is 0 Å². The van der Waals surface area contributed by atoms with Gasteiger partial charge in [-0.25, -0.2) is 4.39 Å². The molecule has 1 aliphatic rings. The number of benzene rings is 1. The summed E-state index contributed by atoms with van der Waals surface area (Å²) in [7, 11) is 1.54. The van der Waals surface area contributed by atoms with E-state index in [0.717, 1.165) is 5.56 Å². The van der Waals surface area contributed by atoms with Gasteiger partial charge in [0.15, 0.2) is 0 Å². The summed E-state index contributed by atoms with van der Waals surface area (Å²) in [6, 6.07) is 3.18. The van der Waals surface area contributed by atoms with E-state index in [9.17, 15) is 9.18 Å². The second kappa shape index (κ2) is 4.86. The van der Waals surface area contributed by atoms with Crippen LogP contribution in [0.4, 0.5) is 4.39 Å². The molecule has 0 radical (unpaired) electrons. The van der Waals surface area contributed by atoms with Crippen molar-refractivity contribution in [2.75, 3.05) is 7.11 Å². The van der Waals surface area contributed by atoms with E-state index in [4.69, 9.17) is 21.4 Å². The first-order chi connectivity index (χ1) is 8.48. The third-order valence-corrected chi connectivity index (χ3v) is 3.59. The van der Waals surface area contributed by atoms with Gasteiger partial charge in [-0.3, -0.25) is 4.79 Å². The molecule has 0 aliphatic heterocycles. The molecule has 1 fully saturated rings. The molecular weight excluding hydrogens is 259 g/mol. The van der Waals surface area contributed by atoms with E-state index in [0.29, 0.717) is 25.0 Å². The van der Waals surface area contributed by atoms with E-state index >= 15 is 0 Å². The quantitative estimate of drug-likeness (QED) is 0.896. The molecule has 1 saturated carbocycles. The minimum Gasteiger partial charge on any atom is -0.481 e. The van der Waals surface area contributed by atoms with Crippen LogP contribution < -0.4 is 0 Å². The first-order valence-corrected chi connectivity index (χ1v) is 6.05. The second-order valence-corrected chi connectivity index (χ2v) is 5.13. The Hall–Kier alpha value is -1.13. The van der Waals surface area contributed by atoms with Gasteiger partial charge in [0.1, 0.15) is 5.82 Å². The Morgan fingerprint density at radius 1 is 1.56 bits per heavy atom. The number of halogens is 2. The fourth-order valence-corrected chi connectivity index (χ4v) is 2.50. The lowest BCUT2D eigenvalue weighted by Gasteiger charge is -2.16. The number of rotatable bonds is 5. The monoisotopic (exact) mass is 272 g/mol. The molecule has 0 unspecified atom stereocenters. The van der Waals surface area contributed by atoms with Crippen molar-refractivity contribution in [3.05, 3.63) is 34.1 Å². The number of hydrogen-bond acceptors (Lipinski definition) is 2.